The van der Waals surface area contributed by atoms with E-state index in [4.69, 9.17) is 16.3 Å². The minimum absolute atomic E-state index is 0.00756. The molecule has 2 atom stereocenters. The SMILES string of the molecule is CC1(C)C[C@H](C(=O)Nc2cc3cc([C@H]4CC[C@H](N5CC[C@@H](F)C5)CC4)c(Cl)cc3cn2)CCO1. The molecule has 3 fully saturated rings. The average Bonchev–Trinajstić information content (AvgIpc) is 3.24. The number of fused-ring (bicyclic) bond motifs is 1. The van der Waals surface area contributed by atoms with E-state index in [1.54, 1.807) is 6.20 Å². The lowest BCUT2D eigenvalue weighted by molar-refractivity contribution is -0.130. The molecule has 1 aromatic heterocycles. The molecule has 2 aromatic rings. The standard InChI is InChI=1S/C27H35ClFN3O2/c1-27(2)14-18(8-10-34-27)26(33)31-25-13-19-11-23(24(28)12-20(19)15-30-25)17-3-5-22(6-4-17)32-9-7-21(29)16-32/h11-13,15,17-18,21-22H,3-10,14,16H2,1-2H3,(H,30,31,33)/t17-,18-,21-,22-/m1/s1. The van der Waals surface area contributed by atoms with E-state index in [0.29, 0.717) is 43.8 Å². The van der Waals surface area contributed by atoms with Crippen molar-refractivity contribution in [1.29, 1.82) is 0 Å². The van der Waals surface area contributed by atoms with Crippen LogP contribution in [0, 0.1) is 5.92 Å². The molecular weight excluding hydrogens is 453 g/mol. The molecule has 0 radical (unpaired) electrons. The fraction of sp³-hybridized carbons (Fsp3) is 0.630. The lowest BCUT2D eigenvalue weighted by Crippen LogP contribution is -2.39. The first kappa shape index (κ1) is 24.0. The summed E-state index contributed by atoms with van der Waals surface area (Å²) in [6.45, 7) is 6.15. The molecule has 1 amide bonds. The third kappa shape index (κ3) is 5.24. The molecule has 5 nitrogen and oxygen atoms in total. The normalized spacial score (nSPS) is 29.9. The van der Waals surface area contributed by atoms with Crippen molar-refractivity contribution in [2.75, 3.05) is 25.0 Å². The summed E-state index contributed by atoms with van der Waals surface area (Å²) in [6, 6.07) is 6.61. The largest absolute Gasteiger partial charge is 0.376 e. The topological polar surface area (TPSA) is 54.5 Å². The zero-order valence-electron chi connectivity index (χ0n) is 20.2. The summed E-state index contributed by atoms with van der Waals surface area (Å²) >= 11 is 6.70. The van der Waals surface area contributed by atoms with Gasteiger partial charge in [-0.25, -0.2) is 9.37 Å². The van der Waals surface area contributed by atoms with Crippen LogP contribution in [0.3, 0.4) is 0 Å². The highest BCUT2D eigenvalue weighted by molar-refractivity contribution is 6.32. The second-order valence-corrected chi connectivity index (χ2v) is 11.4. The Bertz CT molecular complexity index is 1050. The maximum atomic E-state index is 13.6. The van der Waals surface area contributed by atoms with Crippen LogP contribution in [0.1, 0.15) is 70.3 Å². The van der Waals surface area contributed by atoms with E-state index < -0.39 is 6.17 Å². The number of likely N-dealkylation sites (tertiary alicyclic amines) is 1. The Hall–Kier alpha value is -1.76. The van der Waals surface area contributed by atoms with Crippen LogP contribution in [0.25, 0.3) is 10.8 Å². The predicted octanol–water partition coefficient (Wildman–Crippen LogP) is 6.10. The summed E-state index contributed by atoms with van der Waals surface area (Å²) in [5.41, 5.74) is 0.899. The van der Waals surface area contributed by atoms with Crippen molar-refractivity contribution in [3.8, 4) is 0 Å². The second kappa shape index (κ2) is 9.71. The van der Waals surface area contributed by atoms with Gasteiger partial charge in [0.25, 0.3) is 0 Å². The number of pyridine rings is 1. The Balaban J connectivity index is 1.28. The Morgan fingerprint density at radius 2 is 1.94 bits per heavy atom. The third-order valence-corrected chi connectivity index (χ3v) is 8.30. The van der Waals surface area contributed by atoms with E-state index >= 15 is 0 Å². The molecule has 0 unspecified atom stereocenters. The molecule has 1 aliphatic carbocycles. The van der Waals surface area contributed by atoms with Gasteiger partial charge in [-0.05, 0) is 93.9 Å². The van der Waals surface area contributed by atoms with E-state index in [1.807, 2.05) is 26.0 Å². The van der Waals surface area contributed by atoms with Crippen molar-refractivity contribution in [1.82, 2.24) is 9.88 Å². The highest BCUT2D eigenvalue weighted by Crippen LogP contribution is 2.40. The third-order valence-electron chi connectivity index (χ3n) is 7.97. The van der Waals surface area contributed by atoms with Gasteiger partial charge in [0.15, 0.2) is 0 Å². The van der Waals surface area contributed by atoms with Crippen molar-refractivity contribution in [2.45, 2.75) is 82.5 Å². The summed E-state index contributed by atoms with van der Waals surface area (Å²) < 4.78 is 19.4. The first-order chi connectivity index (χ1) is 16.3. The van der Waals surface area contributed by atoms with E-state index in [1.165, 1.54) is 5.56 Å². The number of nitrogens with one attached hydrogen (secondary N) is 1. The number of carbonyl (C=O) groups is 1. The molecule has 2 aliphatic heterocycles. The molecular formula is C27H35ClFN3O2. The lowest BCUT2D eigenvalue weighted by atomic mass is 9.81. The van der Waals surface area contributed by atoms with Crippen LogP contribution in [-0.2, 0) is 9.53 Å². The van der Waals surface area contributed by atoms with E-state index in [-0.39, 0.29) is 17.4 Å². The number of amides is 1. The van der Waals surface area contributed by atoms with E-state index in [9.17, 15) is 9.18 Å². The fourth-order valence-corrected chi connectivity index (χ4v) is 6.40. The van der Waals surface area contributed by atoms with Gasteiger partial charge in [0.1, 0.15) is 12.0 Å². The van der Waals surface area contributed by atoms with Crippen LogP contribution in [0.15, 0.2) is 24.4 Å². The zero-order valence-corrected chi connectivity index (χ0v) is 20.9. The number of aromatic nitrogens is 1. The van der Waals surface area contributed by atoms with E-state index in [0.717, 1.165) is 54.4 Å². The van der Waals surface area contributed by atoms with Crippen molar-refractivity contribution in [2.24, 2.45) is 5.92 Å². The van der Waals surface area contributed by atoms with Crippen molar-refractivity contribution in [3.05, 3.63) is 35.0 Å². The van der Waals surface area contributed by atoms with Gasteiger partial charge in [-0.3, -0.25) is 9.69 Å². The molecule has 1 aromatic carbocycles. The van der Waals surface area contributed by atoms with Crippen LogP contribution < -0.4 is 5.32 Å². The number of alkyl halides is 1. The fourth-order valence-electron chi connectivity index (χ4n) is 6.08. The first-order valence-corrected chi connectivity index (χ1v) is 13.1. The number of anilines is 1. The van der Waals surface area contributed by atoms with Gasteiger partial charge in [-0.2, -0.15) is 0 Å². The van der Waals surface area contributed by atoms with Crippen molar-refractivity contribution < 1.29 is 13.9 Å². The Morgan fingerprint density at radius 3 is 2.65 bits per heavy atom. The van der Waals surface area contributed by atoms with Gasteiger partial charge in [0.05, 0.1) is 5.60 Å². The highest BCUT2D eigenvalue weighted by atomic mass is 35.5. The molecule has 3 aliphatic rings. The number of benzene rings is 1. The number of rotatable bonds is 4. The number of hydrogen-bond donors (Lipinski definition) is 1. The van der Waals surface area contributed by atoms with E-state index in [2.05, 4.69) is 21.3 Å². The molecule has 5 rings (SSSR count). The minimum atomic E-state index is -0.658. The summed E-state index contributed by atoms with van der Waals surface area (Å²) in [6.07, 6.45) is 7.55. The molecule has 2 saturated heterocycles. The maximum absolute atomic E-state index is 13.6. The smallest absolute Gasteiger partial charge is 0.228 e. The van der Waals surface area contributed by atoms with Crippen molar-refractivity contribution >= 4 is 34.1 Å². The van der Waals surface area contributed by atoms with Gasteiger partial charge in [0.2, 0.25) is 5.91 Å². The molecule has 0 spiro atoms. The molecule has 34 heavy (non-hydrogen) atoms. The number of halogens is 2. The molecule has 3 heterocycles. The van der Waals surface area contributed by atoms with Crippen LogP contribution in [0.5, 0.6) is 0 Å². The summed E-state index contributed by atoms with van der Waals surface area (Å²) in [5, 5.41) is 5.81. The monoisotopic (exact) mass is 487 g/mol. The molecule has 7 heteroatoms. The Morgan fingerprint density at radius 1 is 1.15 bits per heavy atom. The zero-order chi connectivity index (χ0) is 23.9. The molecule has 0 bridgehead atoms. The first-order valence-electron chi connectivity index (χ1n) is 12.7. The van der Waals surface area contributed by atoms with Crippen LogP contribution >= 0.6 is 11.6 Å². The quantitative estimate of drug-likeness (QED) is 0.566. The predicted molar refractivity (Wildman–Crippen MR) is 134 cm³/mol. The summed E-state index contributed by atoms with van der Waals surface area (Å²) in [5.74, 6) is 0.926. The highest BCUT2D eigenvalue weighted by Gasteiger charge is 2.34. The molecule has 184 valence electrons. The lowest BCUT2D eigenvalue weighted by Gasteiger charge is -2.35. The van der Waals surface area contributed by atoms with Crippen LogP contribution in [0.4, 0.5) is 10.2 Å². The number of nitrogens with zero attached hydrogens (tertiary/aromatic N) is 2. The van der Waals surface area contributed by atoms with Gasteiger partial charge in [0, 0.05) is 48.3 Å². The molecule has 1 N–H and O–H groups in total. The van der Waals surface area contributed by atoms with Gasteiger partial charge in [-0.15, -0.1) is 0 Å². The summed E-state index contributed by atoms with van der Waals surface area (Å²) in [4.78, 5) is 19.7. The number of carbonyl (C=O) groups excluding carboxylic acids is 1. The van der Waals surface area contributed by atoms with Crippen molar-refractivity contribution in [3.63, 3.8) is 0 Å². The van der Waals surface area contributed by atoms with Gasteiger partial charge >= 0.3 is 0 Å². The average molecular weight is 488 g/mol. The number of hydrogen-bond acceptors (Lipinski definition) is 4. The molecule has 1 saturated carbocycles. The van der Waals surface area contributed by atoms with Crippen LogP contribution in [0.2, 0.25) is 5.02 Å². The van der Waals surface area contributed by atoms with Gasteiger partial charge in [-0.1, -0.05) is 11.6 Å². The van der Waals surface area contributed by atoms with Crippen LogP contribution in [-0.4, -0.2) is 53.3 Å². The maximum Gasteiger partial charge on any atom is 0.228 e. The minimum Gasteiger partial charge on any atom is -0.376 e. The summed E-state index contributed by atoms with van der Waals surface area (Å²) in [7, 11) is 0. The Labute approximate surface area is 206 Å². The second-order valence-electron chi connectivity index (χ2n) is 11.0. The number of ether oxygens (including phenoxy) is 1. The Kier molecular flexibility index (Phi) is 6.84. The van der Waals surface area contributed by atoms with Gasteiger partial charge < -0.3 is 10.1 Å².